The number of Topliss-reactive ketones (excluding diaryl/α,β-unsaturated/α-hetero) is 1. The number of benzene rings is 3. The molecule has 5 heteroatoms. The van der Waals surface area contributed by atoms with Gasteiger partial charge in [0.1, 0.15) is 17.2 Å². The number of hydrogen-bond acceptors (Lipinski definition) is 3. The van der Waals surface area contributed by atoms with E-state index >= 15 is 0 Å². The van der Waals surface area contributed by atoms with Crippen molar-refractivity contribution in [3.8, 4) is 17.2 Å². The fourth-order valence-electron chi connectivity index (χ4n) is 2.48. The summed E-state index contributed by atoms with van der Waals surface area (Å²) in [6.07, 6.45) is 0.120. The largest absolute Gasteiger partial charge is 0.506 e. The minimum atomic E-state index is -0.265. The van der Waals surface area contributed by atoms with Crippen LogP contribution >= 0.6 is 23.2 Å². The Labute approximate surface area is 161 Å². The molecule has 0 aliphatic carbocycles. The first-order chi connectivity index (χ1) is 12.4. The van der Waals surface area contributed by atoms with E-state index in [1.165, 1.54) is 12.1 Å². The number of ketones is 1. The van der Waals surface area contributed by atoms with Crippen molar-refractivity contribution in [1.82, 2.24) is 0 Å². The molecule has 1 N–H and O–H groups in total. The molecule has 0 saturated heterocycles. The summed E-state index contributed by atoms with van der Waals surface area (Å²) in [6.45, 7) is 2.01. The second-order valence-electron chi connectivity index (χ2n) is 5.94. The fraction of sp³-hybridized carbons (Fsp3) is 0.0952. The summed E-state index contributed by atoms with van der Waals surface area (Å²) in [5, 5.41) is 10.3. The standard InChI is InChI=1S/C21H16Cl2O3/c1-13-2-6-16(7-3-13)26-17-8-4-14(5-9-17)10-20(24)18-11-15(22)12-19(23)21(18)25/h2-9,11-12,25H,10H2,1H3. The Bertz CT molecular complexity index is 933. The lowest BCUT2D eigenvalue weighted by Crippen LogP contribution is -2.04. The molecule has 0 unspecified atom stereocenters. The molecule has 0 fully saturated rings. The van der Waals surface area contributed by atoms with Crippen LogP contribution in [0.15, 0.2) is 60.7 Å². The van der Waals surface area contributed by atoms with Crippen LogP contribution in [0.25, 0.3) is 0 Å². The molecule has 0 heterocycles. The normalized spacial score (nSPS) is 10.6. The molecule has 0 aliphatic rings. The molecule has 0 bridgehead atoms. The first-order valence-electron chi connectivity index (χ1n) is 7.97. The molecule has 0 spiro atoms. The molecule has 0 atom stereocenters. The SMILES string of the molecule is Cc1ccc(Oc2ccc(CC(=O)c3cc(Cl)cc(Cl)c3O)cc2)cc1. The third kappa shape index (κ3) is 4.37. The summed E-state index contributed by atoms with van der Waals surface area (Å²) in [6, 6.07) is 17.8. The Balaban J connectivity index is 1.71. The van der Waals surface area contributed by atoms with Crippen molar-refractivity contribution < 1.29 is 14.6 Å². The highest BCUT2D eigenvalue weighted by atomic mass is 35.5. The van der Waals surface area contributed by atoms with Gasteiger partial charge in [0.2, 0.25) is 0 Å². The summed E-state index contributed by atoms with van der Waals surface area (Å²) >= 11 is 11.8. The maximum atomic E-state index is 12.4. The highest BCUT2D eigenvalue weighted by Gasteiger charge is 2.16. The molecule has 26 heavy (non-hydrogen) atoms. The molecule has 3 nitrogen and oxygen atoms in total. The number of aromatic hydroxyl groups is 1. The van der Waals surface area contributed by atoms with Gasteiger partial charge in [-0.25, -0.2) is 0 Å². The van der Waals surface area contributed by atoms with Gasteiger partial charge in [-0.15, -0.1) is 0 Å². The van der Waals surface area contributed by atoms with Crippen LogP contribution in [-0.2, 0) is 6.42 Å². The fourth-order valence-corrected chi connectivity index (χ4v) is 2.97. The van der Waals surface area contributed by atoms with Crippen molar-refractivity contribution in [3.05, 3.63) is 87.4 Å². The van der Waals surface area contributed by atoms with Crippen LogP contribution in [-0.4, -0.2) is 10.9 Å². The number of phenols is 1. The minimum Gasteiger partial charge on any atom is -0.506 e. The van der Waals surface area contributed by atoms with E-state index in [1.807, 2.05) is 43.3 Å². The average molecular weight is 387 g/mol. The van der Waals surface area contributed by atoms with E-state index in [0.717, 1.165) is 16.9 Å². The Morgan fingerprint density at radius 3 is 2.15 bits per heavy atom. The monoisotopic (exact) mass is 386 g/mol. The lowest BCUT2D eigenvalue weighted by molar-refractivity contribution is 0.0990. The van der Waals surface area contributed by atoms with Crippen LogP contribution in [0.2, 0.25) is 10.0 Å². The van der Waals surface area contributed by atoms with Gasteiger partial charge in [-0.05, 0) is 48.9 Å². The van der Waals surface area contributed by atoms with Gasteiger partial charge in [-0.2, -0.15) is 0 Å². The van der Waals surface area contributed by atoms with E-state index in [-0.39, 0.29) is 28.5 Å². The number of rotatable bonds is 5. The average Bonchev–Trinajstić information content (AvgIpc) is 2.61. The van der Waals surface area contributed by atoms with Crippen molar-refractivity contribution in [2.45, 2.75) is 13.3 Å². The summed E-state index contributed by atoms with van der Waals surface area (Å²) < 4.78 is 5.77. The van der Waals surface area contributed by atoms with Crippen LogP contribution in [0.1, 0.15) is 21.5 Å². The molecule has 0 radical (unpaired) electrons. The molecule has 0 aliphatic heterocycles. The molecule has 132 valence electrons. The topological polar surface area (TPSA) is 46.5 Å². The van der Waals surface area contributed by atoms with Crippen LogP contribution in [0.5, 0.6) is 17.2 Å². The zero-order valence-corrected chi connectivity index (χ0v) is 15.5. The molecule has 3 rings (SSSR count). The quantitative estimate of drug-likeness (QED) is 0.528. The number of hydrogen-bond donors (Lipinski definition) is 1. The van der Waals surface area contributed by atoms with E-state index in [1.54, 1.807) is 12.1 Å². The number of carbonyl (C=O) groups excluding carboxylic acids is 1. The van der Waals surface area contributed by atoms with Gasteiger partial charge < -0.3 is 9.84 Å². The van der Waals surface area contributed by atoms with Crippen molar-refractivity contribution in [2.75, 3.05) is 0 Å². The second kappa shape index (κ2) is 7.81. The van der Waals surface area contributed by atoms with Gasteiger partial charge in [-0.3, -0.25) is 4.79 Å². The van der Waals surface area contributed by atoms with Crippen molar-refractivity contribution in [2.24, 2.45) is 0 Å². The van der Waals surface area contributed by atoms with Crippen molar-refractivity contribution >= 4 is 29.0 Å². The lowest BCUT2D eigenvalue weighted by atomic mass is 10.0. The van der Waals surface area contributed by atoms with Crippen LogP contribution in [0.4, 0.5) is 0 Å². The third-order valence-corrected chi connectivity index (χ3v) is 4.38. The van der Waals surface area contributed by atoms with Gasteiger partial charge in [0.15, 0.2) is 5.78 Å². The van der Waals surface area contributed by atoms with E-state index < -0.39 is 0 Å². The first-order valence-corrected chi connectivity index (χ1v) is 8.72. The van der Waals surface area contributed by atoms with Crippen LogP contribution in [0.3, 0.4) is 0 Å². The van der Waals surface area contributed by atoms with E-state index in [4.69, 9.17) is 27.9 Å². The number of ether oxygens (including phenoxy) is 1. The van der Waals surface area contributed by atoms with Gasteiger partial charge in [-0.1, -0.05) is 53.0 Å². The number of carbonyl (C=O) groups is 1. The maximum Gasteiger partial charge on any atom is 0.171 e. The Kier molecular flexibility index (Phi) is 5.50. The summed E-state index contributed by atoms with van der Waals surface area (Å²) in [7, 11) is 0. The predicted octanol–water partition coefficient (Wildman–Crippen LogP) is 6.23. The molecule has 0 aromatic heterocycles. The summed E-state index contributed by atoms with van der Waals surface area (Å²) in [5.41, 5.74) is 2.07. The number of halogens is 2. The van der Waals surface area contributed by atoms with Gasteiger partial charge in [0, 0.05) is 11.4 Å². The highest BCUT2D eigenvalue weighted by Crippen LogP contribution is 2.32. The molecule has 0 saturated carbocycles. The van der Waals surface area contributed by atoms with Crippen LogP contribution in [0, 0.1) is 6.92 Å². The van der Waals surface area contributed by atoms with Crippen LogP contribution < -0.4 is 4.74 Å². The van der Waals surface area contributed by atoms with Gasteiger partial charge >= 0.3 is 0 Å². The van der Waals surface area contributed by atoms with Gasteiger partial charge in [0.05, 0.1) is 10.6 Å². The second-order valence-corrected chi connectivity index (χ2v) is 6.79. The van der Waals surface area contributed by atoms with E-state index in [9.17, 15) is 9.90 Å². The Hall–Kier alpha value is -2.49. The van der Waals surface area contributed by atoms with E-state index in [2.05, 4.69) is 0 Å². The zero-order chi connectivity index (χ0) is 18.7. The predicted molar refractivity (Wildman–Crippen MR) is 104 cm³/mol. The van der Waals surface area contributed by atoms with E-state index in [0.29, 0.717) is 10.8 Å². The lowest BCUT2D eigenvalue weighted by Gasteiger charge is -2.08. The smallest absolute Gasteiger partial charge is 0.171 e. The first kappa shape index (κ1) is 18.3. The number of phenolic OH excluding ortho intramolecular Hbond substituents is 1. The molecule has 3 aromatic rings. The minimum absolute atomic E-state index is 0.0581. The zero-order valence-electron chi connectivity index (χ0n) is 14.0. The molecule has 0 amide bonds. The molecule has 3 aromatic carbocycles. The summed E-state index contributed by atoms with van der Waals surface area (Å²) in [5.74, 6) is 0.913. The molecular formula is C21H16Cl2O3. The summed E-state index contributed by atoms with van der Waals surface area (Å²) in [4.78, 5) is 12.4. The maximum absolute atomic E-state index is 12.4. The Morgan fingerprint density at radius 2 is 1.54 bits per heavy atom. The third-order valence-electron chi connectivity index (χ3n) is 3.87. The highest BCUT2D eigenvalue weighted by molar-refractivity contribution is 6.36. The molecular weight excluding hydrogens is 371 g/mol. The van der Waals surface area contributed by atoms with Crippen molar-refractivity contribution in [1.29, 1.82) is 0 Å². The Morgan fingerprint density at radius 1 is 0.962 bits per heavy atom. The number of aryl methyl sites for hydroxylation is 1. The van der Waals surface area contributed by atoms with Crippen molar-refractivity contribution in [3.63, 3.8) is 0 Å². The van der Waals surface area contributed by atoms with Gasteiger partial charge in [0.25, 0.3) is 0 Å².